The summed E-state index contributed by atoms with van der Waals surface area (Å²) in [5.41, 5.74) is 4.80. The standard InChI is InChI=1S/C11H19N4O6P/c1-22(20,6-2-3-8(16)14-10(12)18)21-5-4-7-9(17)15-11(19)13-7/h7,20H,2-6H2,1H3,(H4-,12,13,14,15,16,17,18,19)/p+1. The van der Waals surface area contributed by atoms with Crippen LogP contribution < -0.4 is 21.7 Å². The number of rotatable bonds is 8. The molecule has 0 aromatic carbocycles. The number of carbonyl (C=O) groups is 4. The molecule has 2 unspecified atom stereocenters. The van der Waals surface area contributed by atoms with Crippen LogP contribution in [0.3, 0.4) is 0 Å². The summed E-state index contributed by atoms with van der Waals surface area (Å²) in [5.74, 6) is -0.937. The largest absolute Gasteiger partial charge is 0.351 e. The Morgan fingerprint density at radius 2 is 2.14 bits per heavy atom. The van der Waals surface area contributed by atoms with Crippen LogP contribution in [-0.4, -0.2) is 54.2 Å². The lowest BCUT2D eigenvalue weighted by atomic mass is 10.2. The zero-order valence-electron chi connectivity index (χ0n) is 12.1. The van der Waals surface area contributed by atoms with Crippen LogP contribution in [0.2, 0.25) is 0 Å². The molecule has 1 heterocycles. The number of primary amides is 1. The Morgan fingerprint density at radius 3 is 2.68 bits per heavy atom. The van der Waals surface area contributed by atoms with Crippen LogP contribution in [0.1, 0.15) is 19.3 Å². The number of hydrogen-bond donors (Lipinski definition) is 5. The summed E-state index contributed by atoms with van der Waals surface area (Å²) in [5, 5.41) is 6.44. The Kier molecular flexibility index (Phi) is 6.66. The van der Waals surface area contributed by atoms with Crippen LogP contribution in [0.4, 0.5) is 9.59 Å². The highest BCUT2D eigenvalue weighted by Crippen LogP contribution is 2.52. The van der Waals surface area contributed by atoms with E-state index in [2.05, 4.69) is 10.6 Å². The molecule has 1 aliphatic rings. The van der Waals surface area contributed by atoms with Crippen LogP contribution in [-0.2, 0) is 14.1 Å². The van der Waals surface area contributed by atoms with Crippen LogP contribution in [0.25, 0.3) is 0 Å². The number of carbonyl (C=O) groups excluding carboxylic acids is 4. The molecule has 0 bridgehead atoms. The van der Waals surface area contributed by atoms with Gasteiger partial charge in [0.25, 0.3) is 13.6 Å². The predicted octanol–water partition coefficient (Wildman–Crippen LogP) is -0.954. The van der Waals surface area contributed by atoms with Gasteiger partial charge in [0.1, 0.15) is 18.9 Å². The average Bonchev–Trinajstić information content (AvgIpc) is 2.66. The van der Waals surface area contributed by atoms with E-state index in [1.807, 2.05) is 5.32 Å². The third kappa shape index (κ3) is 6.79. The van der Waals surface area contributed by atoms with E-state index in [4.69, 9.17) is 10.3 Å². The average molecular weight is 335 g/mol. The van der Waals surface area contributed by atoms with Gasteiger partial charge in [-0.3, -0.25) is 20.2 Å². The first kappa shape index (κ1) is 18.3. The van der Waals surface area contributed by atoms with Crippen molar-refractivity contribution in [1.29, 1.82) is 0 Å². The smallest absolute Gasteiger partial charge is 0.322 e. The molecule has 6 N–H and O–H groups in total. The van der Waals surface area contributed by atoms with Crippen molar-refractivity contribution >= 4 is 31.6 Å². The van der Waals surface area contributed by atoms with E-state index in [9.17, 15) is 24.1 Å². The van der Waals surface area contributed by atoms with Gasteiger partial charge in [0, 0.05) is 12.8 Å². The molecule has 0 saturated carbocycles. The number of imide groups is 2. The van der Waals surface area contributed by atoms with Gasteiger partial charge in [0.15, 0.2) is 0 Å². The zero-order valence-corrected chi connectivity index (χ0v) is 13.0. The van der Waals surface area contributed by atoms with Gasteiger partial charge in [0.05, 0.1) is 6.61 Å². The lowest BCUT2D eigenvalue weighted by Gasteiger charge is -2.15. The quantitative estimate of drug-likeness (QED) is 0.284. The molecule has 2 atom stereocenters. The van der Waals surface area contributed by atoms with E-state index in [1.54, 1.807) is 0 Å². The molecular weight excluding hydrogens is 315 g/mol. The fourth-order valence-corrected chi connectivity index (χ4v) is 3.20. The molecule has 1 aliphatic heterocycles. The minimum Gasteiger partial charge on any atom is -0.351 e. The third-order valence-electron chi connectivity index (χ3n) is 2.87. The highest BCUT2D eigenvalue weighted by molar-refractivity contribution is 7.64. The van der Waals surface area contributed by atoms with Gasteiger partial charge >= 0.3 is 12.1 Å². The summed E-state index contributed by atoms with van der Waals surface area (Å²) in [6, 6.07) is -2.12. The second-order valence-electron chi connectivity index (χ2n) is 4.93. The van der Waals surface area contributed by atoms with E-state index in [1.165, 1.54) is 6.66 Å². The summed E-state index contributed by atoms with van der Waals surface area (Å²) in [6.07, 6.45) is 0.891. The van der Waals surface area contributed by atoms with Crippen LogP contribution >= 0.6 is 7.72 Å². The van der Waals surface area contributed by atoms with Crippen molar-refractivity contribution in [3.8, 4) is 0 Å². The van der Waals surface area contributed by atoms with Gasteiger partial charge in [-0.1, -0.05) is 0 Å². The topological polar surface area (TPSA) is 160 Å². The second-order valence-corrected chi connectivity index (χ2v) is 7.74. The molecule has 0 radical (unpaired) electrons. The van der Waals surface area contributed by atoms with Crippen LogP contribution in [0, 0.1) is 0 Å². The molecule has 1 saturated heterocycles. The first-order valence-corrected chi connectivity index (χ1v) is 8.92. The number of urea groups is 2. The fraction of sp³-hybridized carbons (Fsp3) is 0.636. The molecule has 0 aliphatic carbocycles. The summed E-state index contributed by atoms with van der Waals surface area (Å²) >= 11 is 0. The van der Waals surface area contributed by atoms with E-state index in [0.717, 1.165) is 0 Å². The molecular formula is C11H20N4O6P+. The lowest BCUT2D eigenvalue weighted by Crippen LogP contribution is -2.34. The Hall–Kier alpha value is -1.77. The SMILES string of the molecule is C[P+](O)(CCCC(=O)NC(N)=O)OCCC1NC(=O)NC1=O. The molecule has 6 amide bonds. The van der Waals surface area contributed by atoms with Gasteiger partial charge in [0.2, 0.25) is 5.91 Å². The van der Waals surface area contributed by atoms with E-state index >= 15 is 0 Å². The van der Waals surface area contributed by atoms with Crippen molar-refractivity contribution < 1.29 is 28.6 Å². The highest BCUT2D eigenvalue weighted by atomic mass is 31.2. The minimum absolute atomic E-state index is 0.0452. The van der Waals surface area contributed by atoms with Gasteiger partial charge in [-0.05, 0) is 6.42 Å². The zero-order chi connectivity index (χ0) is 16.8. The summed E-state index contributed by atoms with van der Waals surface area (Å²) in [7, 11) is -2.67. The Labute approximate surface area is 127 Å². The molecule has 22 heavy (non-hydrogen) atoms. The van der Waals surface area contributed by atoms with Gasteiger partial charge < -0.3 is 11.1 Å². The van der Waals surface area contributed by atoms with E-state index in [0.29, 0.717) is 6.42 Å². The van der Waals surface area contributed by atoms with Crippen molar-refractivity contribution in [3.63, 3.8) is 0 Å². The molecule has 1 fully saturated rings. The number of nitrogens with one attached hydrogen (secondary N) is 3. The Balaban J connectivity index is 2.20. The van der Waals surface area contributed by atoms with Crippen molar-refractivity contribution in [2.75, 3.05) is 19.4 Å². The number of amides is 6. The Morgan fingerprint density at radius 1 is 1.45 bits per heavy atom. The predicted molar refractivity (Wildman–Crippen MR) is 77.9 cm³/mol. The molecule has 124 valence electrons. The summed E-state index contributed by atoms with van der Waals surface area (Å²) in [4.78, 5) is 53.9. The maximum atomic E-state index is 11.3. The monoisotopic (exact) mass is 335 g/mol. The second kappa shape index (κ2) is 8.02. The maximum absolute atomic E-state index is 11.3. The molecule has 0 spiro atoms. The lowest BCUT2D eigenvalue weighted by molar-refractivity contribution is -0.121. The van der Waals surface area contributed by atoms with Gasteiger partial charge in [-0.25, -0.2) is 19.0 Å². The molecule has 0 aromatic heterocycles. The van der Waals surface area contributed by atoms with E-state index in [-0.39, 0.29) is 25.6 Å². The fourth-order valence-electron chi connectivity index (χ4n) is 1.83. The van der Waals surface area contributed by atoms with Crippen molar-refractivity contribution in [3.05, 3.63) is 0 Å². The summed E-state index contributed by atoms with van der Waals surface area (Å²) in [6.45, 7) is 1.64. The number of hydrogen-bond acceptors (Lipinski definition) is 6. The minimum atomic E-state index is -2.67. The van der Waals surface area contributed by atoms with E-state index < -0.39 is 37.6 Å². The van der Waals surface area contributed by atoms with Crippen LogP contribution in [0.15, 0.2) is 0 Å². The third-order valence-corrected chi connectivity index (χ3v) is 4.76. The summed E-state index contributed by atoms with van der Waals surface area (Å²) < 4.78 is 5.35. The van der Waals surface area contributed by atoms with Gasteiger partial charge in [-0.2, -0.15) is 0 Å². The molecule has 10 nitrogen and oxygen atoms in total. The maximum Gasteiger partial charge on any atom is 0.322 e. The normalized spacial score (nSPS) is 20.0. The van der Waals surface area contributed by atoms with Crippen LogP contribution in [0.5, 0.6) is 0 Å². The number of nitrogens with two attached hydrogens (primary N) is 1. The highest BCUT2D eigenvalue weighted by Gasteiger charge is 2.33. The van der Waals surface area contributed by atoms with Crippen molar-refractivity contribution in [2.45, 2.75) is 25.3 Å². The van der Waals surface area contributed by atoms with Crippen molar-refractivity contribution in [1.82, 2.24) is 16.0 Å². The first-order chi connectivity index (χ1) is 10.2. The molecule has 1 rings (SSSR count). The van der Waals surface area contributed by atoms with Crippen molar-refractivity contribution in [2.24, 2.45) is 5.73 Å². The molecule has 11 heteroatoms. The Bertz CT molecular complexity index is 469. The molecule has 0 aromatic rings. The van der Waals surface area contributed by atoms with Gasteiger partial charge in [-0.15, -0.1) is 0 Å². The first-order valence-electron chi connectivity index (χ1n) is 6.63.